The van der Waals surface area contributed by atoms with Crippen molar-refractivity contribution in [2.24, 2.45) is 5.14 Å². The number of fused-ring (bicyclic) bond motifs is 1. The van der Waals surface area contributed by atoms with Crippen LogP contribution in [0.4, 0.5) is 0 Å². The SMILES string of the molecule is CCc1cccc(CC)c1CNCc1ccc2[nH]nc(-c3cccc(S(N)(=O)=O)c3)c2c1. The molecule has 0 saturated carbocycles. The molecule has 4 rings (SSSR count). The molecular weight excluding hydrogens is 420 g/mol. The van der Waals surface area contributed by atoms with E-state index in [0.29, 0.717) is 11.3 Å². The lowest BCUT2D eigenvalue weighted by Crippen LogP contribution is -2.15. The highest BCUT2D eigenvalue weighted by atomic mass is 32.2. The van der Waals surface area contributed by atoms with Crippen LogP contribution in [0.1, 0.15) is 36.1 Å². The van der Waals surface area contributed by atoms with Gasteiger partial charge in [-0.3, -0.25) is 5.10 Å². The van der Waals surface area contributed by atoms with Crippen LogP contribution >= 0.6 is 0 Å². The van der Waals surface area contributed by atoms with E-state index in [1.165, 1.54) is 22.8 Å². The Balaban J connectivity index is 1.58. The number of sulfonamides is 1. The number of benzene rings is 3. The van der Waals surface area contributed by atoms with E-state index in [4.69, 9.17) is 5.14 Å². The Bertz CT molecular complexity index is 1340. The molecule has 32 heavy (non-hydrogen) atoms. The van der Waals surface area contributed by atoms with Gasteiger partial charge in [0.2, 0.25) is 10.0 Å². The molecule has 7 heteroatoms. The van der Waals surface area contributed by atoms with Crippen LogP contribution in [0.15, 0.2) is 65.6 Å². The smallest absolute Gasteiger partial charge is 0.238 e. The van der Waals surface area contributed by atoms with Crippen LogP contribution in [-0.2, 0) is 36.0 Å². The van der Waals surface area contributed by atoms with Gasteiger partial charge < -0.3 is 5.32 Å². The van der Waals surface area contributed by atoms with Gasteiger partial charge in [0, 0.05) is 24.0 Å². The van der Waals surface area contributed by atoms with E-state index in [1.807, 2.05) is 12.1 Å². The Kier molecular flexibility index (Phi) is 6.41. The quantitative estimate of drug-likeness (QED) is 0.374. The molecule has 6 nitrogen and oxygen atoms in total. The third kappa shape index (κ3) is 4.60. The first kappa shape index (κ1) is 22.2. The molecule has 0 spiro atoms. The number of nitrogens with two attached hydrogens (primary N) is 1. The van der Waals surface area contributed by atoms with Crippen molar-refractivity contribution >= 4 is 20.9 Å². The Morgan fingerprint density at radius 2 is 1.66 bits per heavy atom. The molecule has 0 amide bonds. The zero-order valence-electron chi connectivity index (χ0n) is 18.4. The molecule has 3 aromatic carbocycles. The first-order valence-electron chi connectivity index (χ1n) is 10.8. The molecule has 0 saturated heterocycles. The molecule has 1 heterocycles. The third-order valence-corrected chi connectivity index (χ3v) is 6.74. The van der Waals surface area contributed by atoms with E-state index in [1.54, 1.807) is 12.1 Å². The van der Waals surface area contributed by atoms with Crippen molar-refractivity contribution in [1.82, 2.24) is 15.5 Å². The molecular formula is C25H28N4O2S. The van der Waals surface area contributed by atoms with E-state index >= 15 is 0 Å². The number of aromatic amines is 1. The van der Waals surface area contributed by atoms with Crippen LogP contribution in [0, 0.1) is 0 Å². The Morgan fingerprint density at radius 3 is 2.34 bits per heavy atom. The summed E-state index contributed by atoms with van der Waals surface area (Å²) in [5, 5.41) is 17.3. The zero-order chi connectivity index (χ0) is 22.7. The fourth-order valence-electron chi connectivity index (χ4n) is 4.12. The minimum absolute atomic E-state index is 0.0743. The number of nitrogens with one attached hydrogen (secondary N) is 2. The van der Waals surface area contributed by atoms with Gasteiger partial charge in [-0.05, 0) is 59.4 Å². The Hall–Kier alpha value is -3.00. The van der Waals surface area contributed by atoms with Crippen LogP contribution in [-0.4, -0.2) is 18.6 Å². The number of nitrogens with zero attached hydrogens (tertiary/aromatic N) is 1. The molecule has 0 aliphatic heterocycles. The molecule has 0 radical (unpaired) electrons. The van der Waals surface area contributed by atoms with Crippen LogP contribution in [0.2, 0.25) is 0 Å². The number of H-pyrrole nitrogens is 1. The minimum Gasteiger partial charge on any atom is -0.309 e. The summed E-state index contributed by atoms with van der Waals surface area (Å²) in [5.41, 5.74) is 7.61. The molecule has 4 aromatic rings. The minimum atomic E-state index is -3.78. The Morgan fingerprint density at radius 1 is 0.938 bits per heavy atom. The average molecular weight is 449 g/mol. The summed E-state index contributed by atoms with van der Waals surface area (Å²) in [5.74, 6) is 0. The topological polar surface area (TPSA) is 101 Å². The second-order valence-corrected chi connectivity index (χ2v) is 9.45. The van der Waals surface area contributed by atoms with Crippen LogP contribution in [0.5, 0.6) is 0 Å². The number of aromatic nitrogens is 2. The molecule has 0 atom stereocenters. The third-order valence-electron chi connectivity index (χ3n) is 5.83. The summed E-state index contributed by atoms with van der Waals surface area (Å²) in [6, 6.07) is 19.3. The van der Waals surface area contributed by atoms with Gasteiger partial charge in [-0.15, -0.1) is 0 Å². The standard InChI is InChI=1S/C25H28N4O2S/c1-3-18-7-5-8-19(4-2)23(18)16-27-15-17-11-12-24-22(13-17)25(29-28-24)20-9-6-10-21(14-20)32(26,30)31/h5-14,27H,3-4,15-16H2,1-2H3,(H,28,29)(H2,26,30,31). The van der Waals surface area contributed by atoms with Gasteiger partial charge in [-0.1, -0.05) is 50.2 Å². The lowest BCUT2D eigenvalue weighted by Gasteiger charge is -2.14. The van der Waals surface area contributed by atoms with Gasteiger partial charge in [-0.25, -0.2) is 13.6 Å². The lowest BCUT2D eigenvalue weighted by molar-refractivity contribution is 0.598. The maximum atomic E-state index is 11.7. The van der Waals surface area contributed by atoms with E-state index in [9.17, 15) is 8.42 Å². The summed E-state index contributed by atoms with van der Waals surface area (Å²) in [7, 11) is -3.78. The number of hydrogen-bond donors (Lipinski definition) is 3. The summed E-state index contributed by atoms with van der Waals surface area (Å²) in [6.45, 7) is 5.92. The zero-order valence-corrected chi connectivity index (χ0v) is 19.2. The fourth-order valence-corrected chi connectivity index (χ4v) is 4.68. The highest BCUT2D eigenvalue weighted by Crippen LogP contribution is 2.28. The largest absolute Gasteiger partial charge is 0.309 e. The molecule has 166 valence electrons. The van der Waals surface area contributed by atoms with Crippen LogP contribution in [0.25, 0.3) is 22.2 Å². The van der Waals surface area contributed by atoms with Gasteiger partial charge in [0.1, 0.15) is 0 Å². The van der Waals surface area contributed by atoms with Crippen molar-refractivity contribution in [1.29, 1.82) is 0 Å². The number of hydrogen-bond acceptors (Lipinski definition) is 4. The molecule has 4 N–H and O–H groups in total. The van der Waals surface area contributed by atoms with Crippen molar-refractivity contribution < 1.29 is 8.42 Å². The van der Waals surface area contributed by atoms with Gasteiger partial charge >= 0.3 is 0 Å². The van der Waals surface area contributed by atoms with Crippen molar-refractivity contribution in [2.45, 2.75) is 44.7 Å². The second kappa shape index (κ2) is 9.24. The van der Waals surface area contributed by atoms with Gasteiger partial charge in [0.25, 0.3) is 0 Å². The summed E-state index contributed by atoms with van der Waals surface area (Å²) in [6.07, 6.45) is 2.04. The van der Waals surface area contributed by atoms with E-state index in [-0.39, 0.29) is 4.90 Å². The molecule has 0 unspecified atom stereocenters. The van der Waals surface area contributed by atoms with Crippen LogP contribution < -0.4 is 10.5 Å². The second-order valence-electron chi connectivity index (χ2n) is 7.89. The Labute approximate surface area is 188 Å². The lowest BCUT2D eigenvalue weighted by atomic mass is 9.97. The highest BCUT2D eigenvalue weighted by molar-refractivity contribution is 7.89. The number of aryl methyl sites for hydroxylation is 2. The predicted octanol–water partition coefficient (Wildman–Crippen LogP) is 4.29. The van der Waals surface area contributed by atoms with E-state index < -0.39 is 10.0 Å². The maximum absolute atomic E-state index is 11.7. The van der Waals surface area contributed by atoms with Gasteiger partial charge in [0.05, 0.1) is 16.1 Å². The molecule has 0 aliphatic rings. The molecule has 0 bridgehead atoms. The molecule has 0 fully saturated rings. The average Bonchev–Trinajstić information content (AvgIpc) is 3.22. The monoisotopic (exact) mass is 448 g/mol. The van der Waals surface area contributed by atoms with Crippen molar-refractivity contribution in [3.8, 4) is 11.3 Å². The normalized spacial score (nSPS) is 11.8. The number of rotatable bonds is 8. The van der Waals surface area contributed by atoms with Gasteiger partial charge in [0.15, 0.2) is 0 Å². The van der Waals surface area contributed by atoms with E-state index in [2.05, 4.69) is 59.7 Å². The summed E-state index contributed by atoms with van der Waals surface area (Å²) < 4.78 is 23.5. The number of primary sulfonamides is 1. The van der Waals surface area contributed by atoms with Crippen molar-refractivity contribution in [2.75, 3.05) is 0 Å². The van der Waals surface area contributed by atoms with E-state index in [0.717, 1.165) is 42.4 Å². The highest BCUT2D eigenvalue weighted by Gasteiger charge is 2.13. The van der Waals surface area contributed by atoms with Gasteiger partial charge in [-0.2, -0.15) is 5.10 Å². The first-order valence-corrected chi connectivity index (χ1v) is 12.4. The predicted molar refractivity (Wildman–Crippen MR) is 129 cm³/mol. The first-order chi connectivity index (χ1) is 15.4. The summed E-state index contributed by atoms with van der Waals surface area (Å²) in [4.78, 5) is 0.0743. The van der Waals surface area contributed by atoms with Crippen molar-refractivity contribution in [3.63, 3.8) is 0 Å². The van der Waals surface area contributed by atoms with Crippen molar-refractivity contribution in [3.05, 3.63) is 82.9 Å². The maximum Gasteiger partial charge on any atom is 0.238 e. The van der Waals surface area contributed by atoms with Crippen LogP contribution in [0.3, 0.4) is 0 Å². The summed E-state index contributed by atoms with van der Waals surface area (Å²) >= 11 is 0. The fraction of sp³-hybridized carbons (Fsp3) is 0.240. The molecule has 0 aliphatic carbocycles. The molecule has 1 aromatic heterocycles.